The first kappa shape index (κ1) is 6.82. The second-order valence-corrected chi connectivity index (χ2v) is 3.53. The highest BCUT2D eigenvalue weighted by atomic mass is 32.1. The van der Waals surface area contributed by atoms with Crippen molar-refractivity contribution in [1.29, 1.82) is 0 Å². The van der Waals surface area contributed by atoms with Crippen LogP contribution < -0.4 is 0 Å². The Labute approximate surface area is 67.9 Å². The molecular weight excluding hydrogens is 160 g/mol. The van der Waals surface area contributed by atoms with E-state index in [4.69, 9.17) is 5.11 Å². The summed E-state index contributed by atoms with van der Waals surface area (Å²) < 4.78 is 1.95. The van der Waals surface area contributed by atoms with Crippen molar-refractivity contribution in [3.63, 3.8) is 0 Å². The molecule has 2 rings (SSSR count). The van der Waals surface area contributed by atoms with E-state index < -0.39 is 0 Å². The summed E-state index contributed by atoms with van der Waals surface area (Å²) in [6.07, 6.45) is 1.78. The van der Waals surface area contributed by atoms with Gasteiger partial charge in [0.15, 0.2) is 0 Å². The van der Waals surface area contributed by atoms with Gasteiger partial charge in [0.05, 0.1) is 18.5 Å². The molecule has 0 aliphatic heterocycles. The Bertz CT molecular complexity index is 377. The Balaban J connectivity index is 2.70. The molecule has 0 aliphatic rings. The van der Waals surface area contributed by atoms with Gasteiger partial charge in [-0.1, -0.05) is 0 Å². The molecule has 0 saturated heterocycles. The molecule has 0 amide bonds. The molecule has 0 aromatic carbocycles. The fourth-order valence-electron chi connectivity index (χ4n) is 1.04. The van der Waals surface area contributed by atoms with Crippen LogP contribution in [0.5, 0.6) is 0 Å². The van der Waals surface area contributed by atoms with Crippen LogP contribution in [0.25, 0.3) is 10.3 Å². The van der Waals surface area contributed by atoms with Gasteiger partial charge in [-0.2, -0.15) is 0 Å². The van der Waals surface area contributed by atoms with Crippen molar-refractivity contribution in [3.05, 3.63) is 17.3 Å². The molecule has 0 bridgehead atoms. The van der Waals surface area contributed by atoms with Crippen molar-refractivity contribution in [2.45, 2.75) is 6.61 Å². The molecule has 2 heterocycles. The number of hydrogen-bond donors (Lipinski definition) is 1. The quantitative estimate of drug-likeness (QED) is 0.693. The fraction of sp³-hybridized carbons (Fsp3) is 0.286. The Morgan fingerprint density at radius 1 is 1.73 bits per heavy atom. The van der Waals surface area contributed by atoms with Crippen LogP contribution in [-0.2, 0) is 13.7 Å². The van der Waals surface area contributed by atoms with E-state index >= 15 is 0 Å². The van der Waals surface area contributed by atoms with Gasteiger partial charge in [-0.15, -0.1) is 11.3 Å². The largest absolute Gasteiger partial charge is 0.391 e. The number of imidazole rings is 1. The highest BCUT2D eigenvalue weighted by Crippen LogP contribution is 2.23. The Hall–Kier alpha value is -0.870. The number of hydrogen-bond acceptors (Lipinski definition) is 3. The van der Waals surface area contributed by atoms with E-state index in [0.29, 0.717) is 0 Å². The predicted molar refractivity (Wildman–Crippen MR) is 44.5 cm³/mol. The lowest BCUT2D eigenvalue weighted by Crippen LogP contribution is -1.81. The average Bonchev–Trinajstić information content (AvgIpc) is 2.53. The maximum atomic E-state index is 8.82. The van der Waals surface area contributed by atoms with Crippen LogP contribution in [0.3, 0.4) is 0 Å². The zero-order valence-electron chi connectivity index (χ0n) is 6.11. The second-order valence-electron chi connectivity index (χ2n) is 2.42. The number of rotatable bonds is 1. The van der Waals surface area contributed by atoms with Gasteiger partial charge in [0, 0.05) is 11.9 Å². The van der Waals surface area contributed by atoms with Crippen LogP contribution in [0.15, 0.2) is 12.4 Å². The number of aliphatic hydroxyl groups excluding tert-OH is 1. The lowest BCUT2D eigenvalue weighted by Gasteiger charge is -1.86. The SMILES string of the molecule is Cn1cnc2sc(CO)cc21. The summed E-state index contributed by atoms with van der Waals surface area (Å²) in [4.78, 5) is 6.13. The van der Waals surface area contributed by atoms with Crippen LogP contribution in [0, 0.1) is 0 Å². The van der Waals surface area contributed by atoms with Crippen LogP contribution in [0.4, 0.5) is 0 Å². The van der Waals surface area contributed by atoms with E-state index in [1.54, 1.807) is 6.33 Å². The van der Waals surface area contributed by atoms with Gasteiger partial charge in [-0.25, -0.2) is 4.98 Å². The van der Waals surface area contributed by atoms with E-state index in [1.165, 1.54) is 11.3 Å². The molecule has 2 aromatic rings. The Kier molecular flexibility index (Phi) is 1.44. The number of nitrogens with zero attached hydrogens (tertiary/aromatic N) is 2. The van der Waals surface area contributed by atoms with Crippen LogP contribution in [0.2, 0.25) is 0 Å². The zero-order chi connectivity index (χ0) is 7.84. The lowest BCUT2D eigenvalue weighted by molar-refractivity contribution is 0.285. The van der Waals surface area contributed by atoms with Crippen LogP contribution in [0.1, 0.15) is 4.88 Å². The fourth-order valence-corrected chi connectivity index (χ4v) is 1.94. The molecule has 4 heteroatoms. The summed E-state index contributed by atoms with van der Waals surface area (Å²) >= 11 is 1.54. The van der Waals surface area contributed by atoms with E-state index in [2.05, 4.69) is 4.98 Å². The standard InChI is InChI=1S/C7H8N2OS/c1-9-4-8-7-6(9)2-5(3-10)11-7/h2,4,10H,3H2,1H3. The number of aliphatic hydroxyl groups is 1. The van der Waals surface area contributed by atoms with E-state index in [0.717, 1.165) is 15.2 Å². The lowest BCUT2D eigenvalue weighted by atomic mass is 10.4. The van der Waals surface area contributed by atoms with E-state index in [-0.39, 0.29) is 6.61 Å². The van der Waals surface area contributed by atoms with Crippen molar-refractivity contribution in [2.75, 3.05) is 0 Å². The van der Waals surface area contributed by atoms with Gasteiger partial charge in [0.25, 0.3) is 0 Å². The van der Waals surface area contributed by atoms with E-state index in [1.807, 2.05) is 17.7 Å². The van der Waals surface area contributed by atoms with Gasteiger partial charge in [0.1, 0.15) is 4.83 Å². The number of aryl methyl sites for hydroxylation is 1. The summed E-state index contributed by atoms with van der Waals surface area (Å²) in [5.41, 5.74) is 1.10. The average molecular weight is 168 g/mol. The van der Waals surface area contributed by atoms with Gasteiger partial charge in [-0.05, 0) is 6.07 Å². The highest BCUT2D eigenvalue weighted by Gasteiger charge is 2.03. The summed E-state index contributed by atoms with van der Waals surface area (Å²) in [6, 6.07) is 1.97. The topological polar surface area (TPSA) is 38.0 Å². The monoisotopic (exact) mass is 168 g/mol. The van der Waals surface area contributed by atoms with Crippen molar-refractivity contribution in [2.24, 2.45) is 7.05 Å². The summed E-state index contributed by atoms with van der Waals surface area (Å²) in [7, 11) is 1.95. The minimum absolute atomic E-state index is 0.112. The van der Waals surface area contributed by atoms with Crippen LogP contribution >= 0.6 is 11.3 Å². The minimum atomic E-state index is 0.112. The van der Waals surface area contributed by atoms with Gasteiger partial charge in [-0.3, -0.25) is 0 Å². The maximum Gasteiger partial charge on any atom is 0.141 e. The third-order valence-electron chi connectivity index (χ3n) is 1.63. The number of aromatic nitrogens is 2. The van der Waals surface area contributed by atoms with E-state index in [9.17, 15) is 0 Å². The van der Waals surface area contributed by atoms with Crippen molar-refractivity contribution in [1.82, 2.24) is 9.55 Å². The summed E-state index contributed by atoms with van der Waals surface area (Å²) in [5.74, 6) is 0. The molecule has 0 spiro atoms. The number of fused-ring (bicyclic) bond motifs is 1. The highest BCUT2D eigenvalue weighted by molar-refractivity contribution is 7.18. The molecule has 0 unspecified atom stereocenters. The summed E-state index contributed by atoms with van der Waals surface area (Å²) in [5, 5.41) is 8.82. The van der Waals surface area contributed by atoms with Gasteiger partial charge in [0.2, 0.25) is 0 Å². The predicted octanol–water partition coefficient (Wildman–Crippen LogP) is 1.13. The molecular formula is C7H8N2OS. The Morgan fingerprint density at radius 3 is 3.18 bits per heavy atom. The maximum absolute atomic E-state index is 8.82. The molecule has 2 aromatic heterocycles. The molecule has 3 nitrogen and oxygen atoms in total. The second kappa shape index (κ2) is 2.32. The normalized spacial score (nSPS) is 11.1. The molecule has 1 N–H and O–H groups in total. The van der Waals surface area contributed by atoms with Crippen molar-refractivity contribution >= 4 is 21.7 Å². The minimum Gasteiger partial charge on any atom is -0.391 e. The molecule has 58 valence electrons. The zero-order valence-corrected chi connectivity index (χ0v) is 6.93. The first-order chi connectivity index (χ1) is 5.31. The molecule has 0 radical (unpaired) electrons. The molecule has 0 aliphatic carbocycles. The summed E-state index contributed by atoms with van der Waals surface area (Å²) in [6.45, 7) is 0.112. The van der Waals surface area contributed by atoms with Crippen molar-refractivity contribution in [3.8, 4) is 0 Å². The van der Waals surface area contributed by atoms with Gasteiger partial charge >= 0.3 is 0 Å². The molecule has 11 heavy (non-hydrogen) atoms. The first-order valence-electron chi connectivity index (χ1n) is 3.32. The van der Waals surface area contributed by atoms with Crippen molar-refractivity contribution < 1.29 is 5.11 Å². The first-order valence-corrected chi connectivity index (χ1v) is 4.13. The molecule has 0 saturated carbocycles. The Morgan fingerprint density at radius 2 is 2.55 bits per heavy atom. The third kappa shape index (κ3) is 0.948. The third-order valence-corrected chi connectivity index (χ3v) is 2.65. The molecule has 0 fully saturated rings. The smallest absolute Gasteiger partial charge is 0.141 e. The van der Waals surface area contributed by atoms with Crippen LogP contribution in [-0.4, -0.2) is 14.7 Å². The molecule has 0 atom stereocenters. The van der Waals surface area contributed by atoms with Gasteiger partial charge < -0.3 is 9.67 Å². The number of thiophene rings is 1.